The third kappa shape index (κ3) is 4.14. The number of halogens is 3. The first-order chi connectivity index (χ1) is 12.9. The predicted octanol–water partition coefficient (Wildman–Crippen LogP) is 3.67. The fourth-order valence-electron chi connectivity index (χ4n) is 3.59. The molecule has 0 aliphatic carbocycles. The number of piperidine rings is 3. The molecule has 3 fully saturated rings. The molecule has 2 aromatic rings. The maximum absolute atomic E-state index is 12.6. The minimum absolute atomic E-state index is 0.0909. The van der Waals surface area contributed by atoms with Crippen LogP contribution in [-0.4, -0.2) is 41.5 Å². The highest BCUT2D eigenvalue weighted by atomic mass is 32.2. The Bertz CT molecular complexity index is 814. The van der Waals surface area contributed by atoms with Gasteiger partial charge in [-0.15, -0.1) is 0 Å². The van der Waals surface area contributed by atoms with Gasteiger partial charge >= 0.3 is 6.18 Å². The fourth-order valence-corrected chi connectivity index (χ4v) is 4.30. The first kappa shape index (κ1) is 18.4. The van der Waals surface area contributed by atoms with Crippen molar-refractivity contribution in [3.63, 3.8) is 0 Å². The Morgan fingerprint density at radius 2 is 1.93 bits per heavy atom. The summed E-state index contributed by atoms with van der Waals surface area (Å²) in [4.78, 5) is 18.9. The Kier molecular flexibility index (Phi) is 4.90. The van der Waals surface area contributed by atoms with E-state index in [2.05, 4.69) is 15.2 Å². The molecule has 4 heterocycles. The van der Waals surface area contributed by atoms with Crippen molar-refractivity contribution in [2.45, 2.75) is 35.2 Å². The van der Waals surface area contributed by atoms with Gasteiger partial charge in [-0.1, -0.05) is 0 Å². The van der Waals surface area contributed by atoms with Crippen LogP contribution in [-0.2, 0) is 6.18 Å². The van der Waals surface area contributed by atoms with Crippen LogP contribution in [0.25, 0.3) is 0 Å². The Balaban J connectivity index is 1.37. The summed E-state index contributed by atoms with van der Waals surface area (Å²) in [6.07, 6.45) is -1.69. The van der Waals surface area contributed by atoms with Crippen molar-refractivity contribution in [1.29, 1.82) is 0 Å². The number of benzene rings is 1. The number of hydrogen-bond donors (Lipinski definition) is 1. The number of rotatable bonds is 4. The Labute approximate surface area is 158 Å². The van der Waals surface area contributed by atoms with E-state index in [-0.39, 0.29) is 17.2 Å². The number of fused-ring (bicyclic) bond motifs is 3. The number of aromatic nitrogens is 1. The molecule has 0 radical (unpaired) electrons. The Morgan fingerprint density at radius 3 is 2.48 bits per heavy atom. The lowest BCUT2D eigenvalue weighted by molar-refractivity contribution is -0.141. The van der Waals surface area contributed by atoms with E-state index < -0.39 is 11.9 Å². The predicted molar refractivity (Wildman–Crippen MR) is 92.5 cm³/mol. The van der Waals surface area contributed by atoms with E-state index in [0.717, 1.165) is 44.2 Å². The summed E-state index contributed by atoms with van der Waals surface area (Å²) in [6.45, 7) is 3.12. The summed E-state index contributed by atoms with van der Waals surface area (Å²) in [5.41, 5.74) is -0.530. The number of amides is 1. The maximum Gasteiger partial charge on any atom is 0.436 e. The molecule has 9 heteroatoms. The summed E-state index contributed by atoms with van der Waals surface area (Å²) in [7, 11) is 0. The molecule has 5 rings (SSSR count). The molecule has 1 amide bonds. The number of oxazole rings is 1. The second-order valence-corrected chi connectivity index (χ2v) is 7.87. The van der Waals surface area contributed by atoms with Crippen LogP contribution in [0.2, 0.25) is 0 Å². The van der Waals surface area contributed by atoms with Crippen molar-refractivity contribution in [3.8, 4) is 0 Å². The second-order valence-electron chi connectivity index (χ2n) is 6.84. The minimum atomic E-state index is -4.53. The topological polar surface area (TPSA) is 58.4 Å². The van der Waals surface area contributed by atoms with E-state index in [0.29, 0.717) is 22.6 Å². The Hall–Kier alpha value is -2.00. The quantitative estimate of drug-likeness (QED) is 0.853. The summed E-state index contributed by atoms with van der Waals surface area (Å²) < 4.78 is 42.5. The SMILES string of the molecule is O=C(N[C@H]1CN2CCC1CC2)c1ccc(Sc2nc(C(F)(F)F)co2)cc1. The van der Waals surface area contributed by atoms with Gasteiger partial charge in [0.2, 0.25) is 0 Å². The van der Waals surface area contributed by atoms with Crippen molar-refractivity contribution in [2.75, 3.05) is 19.6 Å². The van der Waals surface area contributed by atoms with Gasteiger partial charge in [0, 0.05) is 23.0 Å². The van der Waals surface area contributed by atoms with Gasteiger partial charge in [-0.25, -0.2) is 0 Å². The third-order valence-electron chi connectivity index (χ3n) is 5.07. The van der Waals surface area contributed by atoms with Crippen LogP contribution in [0.1, 0.15) is 28.9 Å². The minimum Gasteiger partial charge on any atom is -0.439 e. The summed E-state index contributed by atoms with van der Waals surface area (Å²) in [5, 5.41) is 3.02. The zero-order chi connectivity index (χ0) is 19.0. The second kappa shape index (κ2) is 7.20. The number of nitrogens with zero attached hydrogens (tertiary/aromatic N) is 2. The smallest absolute Gasteiger partial charge is 0.436 e. The average molecular weight is 397 g/mol. The molecule has 1 atom stereocenters. The van der Waals surface area contributed by atoms with E-state index in [4.69, 9.17) is 4.42 Å². The molecule has 3 aliphatic heterocycles. The average Bonchev–Trinajstić information content (AvgIpc) is 3.12. The van der Waals surface area contributed by atoms with E-state index in [1.54, 1.807) is 24.3 Å². The molecular weight excluding hydrogens is 379 g/mol. The first-order valence-corrected chi connectivity index (χ1v) is 9.54. The number of nitrogens with one attached hydrogen (secondary N) is 1. The van der Waals surface area contributed by atoms with Crippen molar-refractivity contribution in [2.24, 2.45) is 5.92 Å². The molecule has 0 unspecified atom stereocenters. The molecule has 0 spiro atoms. The number of carbonyl (C=O) groups excluding carboxylic acids is 1. The summed E-state index contributed by atoms with van der Waals surface area (Å²) in [5.74, 6) is 0.419. The number of carbonyl (C=O) groups is 1. The maximum atomic E-state index is 12.6. The van der Waals surface area contributed by atoms with Gasteiger partial charge < -0.3 is 14.6 Å². The van der Waals surface area contributed by atoms with Crippen LogP contribution in [0, 0.1) is 5.92 Å². The van der Waals surface area contributed by atoms with Gasteiger partial charge in [0.05, 0.1) is 0 Å². The van der Waals surface area contributed by atoms with Crippen molar-refractivity contribution < 1.29 is 22.4 Å². The van der Waals surface area contributed by atoms with Crippen molar-refractivity contribution >= 4 is 17.7 Å². The highest BCUT2D eigenvalue weighted by Crippen LogP contribution is 2.33. The van der Waals surface area contributed by atoms with Gasteiger partial charge in [-0.05, 0) is 67.9 Å². The van der Waals surface area contributed by atoms with Gasteiger partial charge in [0.1, 0.15) is 6.26 Å². The largest absolute Gasteiger partial charge is 0.439 e. The highest BCUT2D eigenvalue weighted by molar-refractivity contribution is 7.99. The van der Waals surface area contributed by atoms with E-state index in [1.165, 1.54) is 0 Å². The van der Waals surface area contributed by atoms with Crippen molar-refractivity contribution in [1.82, 2.24) is 15.2 Å². The van der Waals surface area contributed by atoms with Gasteiger partial charge in [0.15, 0.2) is 5.69 Å². The molecule has 1 aromatic carbocycles. The zero-order valence-corrected chi connectivity index (χ0v) is 15.1. The molecule has 1 N–H and O–H groups in total. The van der Waals surface area contributed by atoms with Crippen LogP contribution in [0.5, 0.6) is 0 Å². The molecular formula is C18H18F3N3O2S. The van der Waals surface area contributed by atoms with Crippen LogP contribution in [0.15, 0.2) is 45.1 Å². The normalized spacial score (nSPS) is 24.8. The number of hydrogen-bond acceptors (Lipinski definition) is 5. The standard InChI is InChI=1S/C18H18F3N3O2S/c19-18(20,21)15-10-26-17(23-15)27-13-3-1-12(2-4-13)16(25)22-14-9-24-7-5-11(14)6-8-24/h1-4,10-11,14H,5-9H2,(H,22,25)/t14-/m0/s1. The first-order valence-electron chi connectivity index (χ1n) is 8.72. The lowest BCUT2D eigenvalue weighted by atomic mass is 9.84. The van der Waals surface area contributed by atoms with Gasteiger partial charge in [-0.2, -0.15) is 18.2 Å². The van der Waals surface area contributed by atoms with Gasteiger partial charge in [0.25, 0.3) is 11.1 Å². The van der Waals surface area contributed by atoms with Crippen LogP contribution in [0.3, 0.4) is 0 Å². The molecule has 5 nitrogen and oxygen atoms in total. The van der Waals surface area contributed by atoms with Crippen LogP contribution >= 0.6 is 11.8 Å². The van der Waals surface area contributed by atoms with Crippen LogP contribution in [0.4, 0.5) is 13.2 Å². The molecule has 144 valence electrons. The molecule has 0 saturated carbocycles. The monoisotopic (exact) mass is 397 g/mol. The Morgan fingerprint density at radius 1 is 1.22 bits per heavy atom. The van der Waals surface area contributed by atoms with E-state index >= 15 is 0 Å². The molecule has 27 heavy (non-hydrogen) atoms. The van der Waals surface area contributed by atoms with Crippen LogP contribution < -0.4 is 5.32 Å². The molecule has 1 aromatic heterocycles. The van der Waals surface area contributed by atoms with Gasteiger partial charge in [-0.3, -0.25) is 4.79 Å². The fraction of sp³-hybridized carbons (Fsp3) is 0.444. The molecule has 2 bridgehead atoms. The summed E-state index contributed by atoms with van der Waals surface area (Å²) >= 11 is 0.974. The van der Waals surface area contributed by atoms with E-state index in [9.17, 15) is 18.0 Å². The highest BCUT2D eigenvalue weighted by Gasteiger charge is 2.35. The third-order valence-corrected chi connectivity index (χ3v) is 5.94. The molecule has 3 saturated heterocycles. The summed E-state index contributed by atoms with van der Waals surface area (Å²) in [6, 6.07) is 6.85. The number of alkyl halides is 3. The lowest BCUT2D eigenvalue weighted by Crippen LogP contribution is -2.57. The lowest BCUT2D eigenvalue weighted by Gasteiger charge is -2.44. The van der Waals surface area contributed by atoms with Crippen molar-refractivity contribution in [3.05, 3.63) is 41.8 Å². The van der Waals surface area contributed by atoms with E-state index in [1.807, 2.05) is 0 Å². The zero-order valence-electron chi connectivity index (χ0n) is 14.3. The molecule has 3 aliphatic rings.